The van der Waals surface area contributed by atoms with Crippen LogP contribution >= 0.6 is 15.9 Å². The maximum atomic E-state index is 13.5. The molecule has 0 aromatic heterocycles. The van der Waals surface area contributed by atoms with Crippen LogP contribution in [0.1, 0.15) is 37.3 Å². The van der Waals surface area contributed by atoms with Gasteiger partial charge in [0.1, 0.15) is 17.8 Å². The Balaban J connectivity index is 1.87. The maximum Gasteiger partial charge on any atom is 0.245 e. The largest absolute Gasteiger partial charge is 0.491 e. The van der Waals surface area contributed by atoms with E-state index in [1.165, 1.54) is 0 Å². The standard InChI is InChI=1S/C20H20BrNO2/c1-2-3-6-12-22-16-10-7-9-15(21)18(16)20(19(22)23)13-24-17-11-5-4-8-14(17)20/h4-5,7-11H,2-3,6,12-13H2,1H3. The summed E-state index contributed by atoms with van der Waals surface area (Å²) in [6.45, 7) is 3.32. The van der Waals surface area contributed by atoms with Crippen molar-refractivity contribution < 1.29 is 9.53 Å². The molecule has 0 bridgehead atoms. The Hall–Kier alpha value is -1.81. The summed E-state index contributed by atoms with van der Waals surface area (Å²) in [5.74, 6) is 0.966. The van der Waals surface area contributed by atoms with E-state index in [-0.39, 0.29) is 5.91 Å². The molecule has 0 saturated carbocycles. The molecular weight excluding hydrogens is 366 g/mol. The molecule has 1 unspecified atom stereocenters. The lowest BCUT2D eigenvalue weighted by Gasteiger charge is -2.23. The third-order valence-corrected chi connectivity index (χ3v) is 5.76. The van der Waals surface area contributed by atoms with Crippen molar-refractivity contribution in [2.45, 2.75) is 31.6 Å². The highest BCUT2D eigenvalue weighted by atomic mass is 79.9. The van der Waals surface area contributed by atoms with Gasteiger partial charge in [-0.3, -0.25) is 4.79 Å². The molecule has 4 rings (SSSR count). The lowest BCUT2D eigenvalue weighted by molar-refractivity contribution is -0.122. The number of halogens is 1. The summed E-state index contributed by atoms with van der Waals surface area (Å²) in [5, 5.41) is 0. The van der Waals surface area contributed by atoms with E-state index in [0.29, 0.717) is 6.61 Å². The molecular formula is C20H20BrNO2. The van der Waals surface area contributed by atoms with E-state index < -0.39 is 5.41 Å². The minimum Gasteiger partial charge on any atom is -0.491 e. The molecule has 1 atom stereocenters. The van der Waals surface area contributed by atoms with E-state index in [9.17, 15) is 4.79 Å². The smallest absolute Gasteiger partial charge is 0.245 e. The average molecular weight is 386 g/mol. The number of ether oxygens (including phenoxy) is 1. The normalized spacial score (nSPS) is 21.1. The van der Waals surface area contributed by atoms with Crippen molar-refractivity contribution in [2.75, 3.05) is 18.1 Å². The van der Waals surface area contributed by atoms with Crippen LogP contribution in [0, 0.1) is 0 Å². The number of carbonyl (C=O) groups is 1. The van der Waals surface area contributed by atoms with Crippen LogP contribution in [-0.2, 0) is 10.2 Å². The number of hydrogen-bond donors (Lipinski definition) is 0. The third-order valence-electron chi connectivity index (χ3n) is 5.10. The molecule has 0 saturated heterocycles. The number of unbranched alkanes of at least 4 members (excludes halogenated alkanes) is 2. The van der Waals surface area contributed by atoms with Crippen molar-refractivity contribution in [3.05, 3.63) is 58.1 Å². The summed E-state index contributed by atoms with van der Waals surface area (Å²) in [4.78, 5) is 15.5. The lowest BCUT2D eigenvalue weighted by atomic mass is 9.77. The number of amides is 1. The van der Waals surface area contributed by atoms with Crippen LogP contribution in [0.4, 0.5) is 5.69 Å². The predicted octanol–water partition coefficient (Wildman–Crippen LogP) is 4.66. The minimum atomic E-state index is -0.710. The maximum absolute atomic E-state index is 13.5. The second-order valence-electron chi connectivity index (χ2n) is 6.49. The Bertz CT molecular complexity index is 804. The average Bonchev–Trinajstić information content (AvgIpc) is 3.09. The summed E-state index contributed by atoms with van der Waals surface area (Å²) < 4.78 is 6.90. The molecule has 0 N–H and O–H groups in total. The van der Waals surface area contributed by atoms with E-state index in [4.69, 9.17) is 4.74 Å². The number of benzene rings is 2. The van der Waals surface area contributed by atoms with Gasteiger partial charge in [-0.25, -0.2) is 0 Å². The van der Waals surface area contributed by atoms with Crippen molar-refractivity contribution in [3.8, 4) is 5.75 Å². The van der Waals surface area contributed by atoms with Gasteiger partial charge >= 0.3 is 0 Å². The minimum absolute atomic E-state index is 0.144. The summed E-state index contributed by atoms with van der Waals surface area (Å²) in [6, 6.07) is 14.0. The first-order valence-electron chi connectivity index (χ1n) is 8.53. The van der Waals surface area contributed by atoms with E-state index in [0.717, 1.165) is 52.8 Å². The summed E-state index contributed by atoms with van der Waals surface area (Å²) in [6.07, 6.45) is 3.30. The van der Waals surface area contributed by atoms with Gasteiger partial charge in [0.15, 0.2) is 0 Å². The highest BCUT2D eigenvalue weighted by Crippen LogP contribution is 2.54. The van der Waals surface area contributed by atoms with Crippen LogP contribution < -0.4 is 9.64 Å². The summed E-state index contributed by atoms with van der Waals surface area (Å²) in [7, 11) is 0. The quantitative estimate of drug-likeness (QED) is 0.715. The first-order valence-corrected chi connectivity index (χ1v) is 9.32. The zero-order valence-electron chi connectivity index (χ0n) is 13.7. The van der Waals surface area contributed by atoms with Gasteiger partial charge in [0, 0.05) is 27.8 Å². The number of para-hydroxylation sites is 1. The summed E-state index contributed by atoms with van der Waals surface area (Å²) >= 11 is 3.69. The van der Waals surface area contributed by atoms with Crippen LogP contribution in [-0.4, -0.2) is 19.1 Å². The molecule has 0 radical (unpaired) electrons. The summed E-state index contributed by atoms with van der Waals surface area (Å²) in [5.41, 5.74) is 2.35. The number of anilines is 1. The monoisotopic (exact) mass is 385 g/mol. The van der Waals surface area contributed by atoms with Crippen molar-refractivity contribution in [3.63, 3.8) is 0 Å². The number of carbonyl (C=O) groups excluding carboxylic acids is 1. The van der Waals surface area contributed by atoms with Gasteiger partial charge in [-0.2, -0.15) is 0 Å². The highest BCUT2D eigenvalue weighted by Gasteiger charge is 2.57. The number of rotatable bonds is 4. The fourth-order valence-corrected chi connectivity index (χ4v) is 4.64. The van der Waals surface area contributed by atoms with Gasteiger partial charge in [-0.15, -0.1) is 0 Å². The molecule has 1 amide bonds. The first-order chi connectivity index (χ1) is 11.7. The van der Waals surface area contributed by atoms with Gasteiger partial charge < -0.3 is 9.64 Å². The molecule has 4 heteroatoms. The topological polar surface area (TPSA) is 29.5 Å². The molecule has 2 aromatic rings. The van der Waals surface area contributed by atoms with Crippen LogP contribution in [0.25, 0.3) is 0 Å². The van der Waals surface area contributed by atoms with Gasteiger partial charge in [0.25, 0.3) is 0 Å². The first kappa shape index (κ1) is 15.7. The molecule has 2 aromatic carbocycles. The van der Waals surface area contributed by atoms with E-state index in [1.807, 2.05) is 41.3 Å². The molecule has 3 nitrogen and oxygen atoms in total. The fourth-order valence-electron chi connectivity index (χ4n) is 3.94. The van der Waals surface area contributed by atoms with Crippen LogP contribution in [0.2, 0.25) is 0 Å². The molecule has 2 aliphatic heterocycles. The fraction of sp³-hybridized carbons (Fsp3) is 0.350. The Kier molecular flexibility index (Phi) is 3.87. The molecule has 1 spiro atoms. The molecule has 0 aliphatic carbocycles. The Morgan fingerprint density at radius 1 is 1.17 bits per heavy atom. The Morgan fingerprint density at radius 2 is 2.00 bits per heavy atom. The van der Waals surface area contributed by atoms with Crippen molar-refractivity contribution in [1.29, 1.82) is 0 Å². The van der Waals surface area contributed by atoms with Crippen molar-refractivity contribution >= 4 is 27.5 Å². The zero-order chi connectivity index (χ0) is 16.7. The van der Waals surface area contributed by atoms with E-state index in [2.05, 4.69) is 28.9 Å². The Morgan fingerprint density at radius 3 is 2.83 bits per heavy atom. The van der Waals surface area contributed by atoms with Gasteiger partial charge in [0.05, 0.1) is 0 Å². The number of nitrogens with zero attached hydrogens (tertiary/aromatic N) is 1. The molecule has 124 valence electrons. The van der Waals surface area contributed by atoms with Gasteiger partial charge in [-0.1, -0.05) is 60.0 Å². The van der Waals surface area contributed by atoms with Crippen LogP contribution in [0.3, 0.4) is 0 Å². The lowest BCUT2D eigenvalue weighted by Crippen LogP contribution is -2.43. The van der Waals surface area contributed by atoms with Crippen LogP contribution in [0.15, 0.2) is 46.9 Å². The molecule has 0 fully saturated rings. The number of fused-ring (bicyclic) bond motifs is 4. The van der Waals surface area contributed by atoms with Gasteiger partial charge in [-0.05, 0) is 24.6 Å². The van der Waals surface area contributed by atoms with Gasteiger partial charge in [0.2, 0.25) is 5.91 Å². The second kappa shape index (κ2) is 5.92. The van der Waals surface area contributed by atoms with E-state index >= 15 is 0 Å². The highest BCUT2D eigenvalue weighted by molar-refractivity contribution is 9.10. The molecule has 2 aliphatic rings. The van der Waals surface area contributed by atoms with Crippen molar-refractivity contribution in [2.24, 2.45) is 0 Å². The number of hydrogen-bond acceptors (Lipinski definition) is 2. The molecule has 2 heterocycles. The van der Waals surface area contributed by atoms with Crippen molar-refractivity contribution in [1.82, 2.24) is 0 Å². The second-order valence-corrected chi connectivity index (χ2v) is 7.34. The third kappa shape index (κ3) is 2.05. The SMILES string of the molecule is CCCCCN1C(=O)C2(COc3ccccc32)c2c(Br)cccc21. The van der Waals surface area contributed by atoms with Crippen LogP contribution in [0.5, 0.6) is 5.75 Å². The Labute approximate surface area is 150 Å². The predicted molar refractivity (Wildman–Crippen MR) is 98.7 cm³/mol. The zero-order valence-corrected chi connectivity index (χ0v) is 15.3. The van der Waals surface area contributed by atoms with E-state index in [1.54, 1.807) is 0 Å². The molecule has 24 heavy (non-hydrogen) atoms.